The molecule has 0 amide bonds. The van der Waals surface area contributed by atoms with Crippen LogP contribution in [0.4, 0.5) is 5.95 Å². The Labute approximate surface area is 110 Å². The van der Waals surface area contributed by atoms with Crippen LogP contribution in [-0.2, 0) is 5.75 Å². The van der Waals surface area contributed by atoms with Crippen LogP contribution >= 0.6 is 23.1 Å². The predicted octanol–water partition coefficient (Wildman–Crippen LogP) is 1.79. The monoisotopic (exact) mass is 280 g/mol. The SMILES string of the molecule is Nc1nc(SCc2noc(-c3cccs3)n2)n[nH]1. The lowest BCUT2D eigenvalue weighted by Crippen LogP contribution is -1.86. The quantitative estimate of drug-likeness (QED) is 0.701. The lowest BCUT2D eigenvalue weighted by Gasteiger charge is -1.88. The smallest absolute Gasteiger partial charge is 0.268 e. The van der Waals surface area contributed by atoms with Gasteiger partial charge in [-0.2, -0.15) is 9.97 Å². The Morgan fingerprint density at radius 3 is 3.11 bits per heavy atom. The molecule has 0 aliphatic carbocycles. The van der Waals surface area contributed by atoms with Crippen LogP contribution in [-0.4, -0.2) is 25.3 Å². The van der Waals surface area contributed by atoms with Gasteiger partial charge in [-0.3, -0.25) is 0 Å². The zero-order chi connectivity index (χ0) is 12.4. The molecule has 92 valence electrons. The number of aromatic nitrogens is 5. The van der Waals surface area contributed by atoms with Crippen LogP contribution in [0.3, 0.4) is 0 Å². The van der Waals surface area contributed by atoms with E-state index in [1.807, 2.05) is 17.5 Å². The summed E-state index contributed by atoms with van der Waals surface area (Å²) < 4.78 is 5.17. The second-order valence-electron chi connectivity index (χ2n) is 3.28. The molecular formula is C9H8N6OS2. The number of nitrogens with two attached hydrogens (primary N) is 1. The third kappa shape index (κ3) is 2.36. The zero-order valence-electron chi connectivity index (χ0n) is 9.03. The summed E-state index contributed by atoms with van der Waals surface area (Å²) in [5.41, 5.74) is 5.42. The second-order valence-corrected chi connectivity index (χ2v) is 5.18. The summed E-state index contributed by atoms with van der Waals surface area (Å²) in [6.07, 6.45) is 0. The van der Waals surface area contributed by atoms with E-state index < -0.39 is 0 Å². The largest absolute Gasteiger partial charge is 0.368 e. The zero-order valence-corrected chi connectivity index (χ0v) is 10.7. The van der Waals surface area contributed by atoms with Gasteiger partial charge in [0.1, 0.15) is 0 Å². The molecule has 18 heavy (non-hydrogen) atoms. The van der Waals surface area contributed by atoms with Crippen LogP contribution in [0.15, 0.2) is 27.2 Å². The summed E-state index contributed by atoms with van der Waals surface area (Å²) >= 11 is 2.95. The summed E-state index contributed by atoms with van der Waals surface area (Å²) in [6, 6.07) is 3.88. The van der Waals surface area contributed by atoms with E-state index in [-0.39, 0.29) is 0 Å². The standard InChI is InChI=1S/C9H8N6OS2/c10-8-12-9(14-13-8)18-4-6-11-7(16-15-6)5-2-1-3-17-5/h1-3H,4H2,(H3,10,12,13,14). The van der Waals surface area contributed by atoms with Crippen molar-refractivity contribution in [2.45, 2.75) is 10.9 Å². The van der Waals surface area contributed by atoms with Crippen molar-refractivity contribution in [1.29, 1.82) is 0 Å². The first kappa shape index (κ1) is 11.2. The number of nitrogen functional groups attached to an aromatic ring is 1. The molecule has 0 aromatic carbocycles. The predicted molar refractivity (Wildman–Crippen MR) is 68.0 cm³/mol. The molecule has 0 radical (unpaired) electrons. The molecule has 3 aromatic heterocycles. The highest BCUT2D eigenvalue weighted by Crippen LogP contribution is 2.24. The number of thiophene rings is 1. The topological polar surface area (TPSA) is 107 Å². The molecule has 3 rings (SSSR count). The van der Waals surface area contributed by atoms with Gasteiger partial charge in [-0.1, -0.05) is 23.0 Å². The van der Waals surface area contributed by atoms with Crippen LogP contribution in [0.5, 0.6) is 0 Å². The first-order chi connectivity index (χ1) is 8.81. The molecule has 3 heterocycles. The third-order valence-corrected chi connectivity index (χ3v) is 3.71. The van der Waals surface area contributed by atoms with Gasteiger partial charge >= 0.3 is 0 Å². The van der Waals surface area contributed by atoms with Crippen molar-refractivity contribution in [3.05, 3.63) is 23.3 Å². The number of nitrogens with zero attached hydrogens (tertiary/aromatic N) is 4. The molecule has 0 spiro atoms. The molecule has 3 aromatic rings. The number of anilines is 1. The Kier molecular flexibility index (Phi) is 2.99. The van der Waals surface area contributed by atoms with Crippen molar-refractivity contribution in [1.82, 2.24) is 25.3 Å². The molecule has 0 fully saturated rings. The van der Waals surface area contributed by atoms with Crippen molar-refractivity contribution in [3.8, 4) is 10.8 Å². The van der Waals surface area contributed by atoms with Crippen molar-refractivity contribution in [2.75, 3.05) is 5.73 Å². The molecule has 3 N–H and O–H groups in total. The van der Waals surface area contributed by atoms with Gasteiger partial charge < -0.3 is 10.3 Å². The average molecular weight is 280 g/mol. The molecule has 0 aliphatic rings. The number of nitrogens with one attached hydrogen (secondary N) is 1. The number of hydrogen-bond donors (Lipinski definition) is 2. The Hall–Kier alpha value is -1.87. The summed E-state index contributed by atoms with van der Waals surface area (Å²) in [4.78, 5) is 9.22. The Bertz CT molecular complexity index is 631. The van der Waals surface area contributed by atoms with Gasteiger partial charge in [-0.05, 0) is 11.4 Å². The van der Waals surface area contributed by atoms with E-state index in [9.17, 15) is 0 Å². The normalized spacial score (nSPS) is 10.9. The maximum absolute atomic E-state index is 5.42. The minimum atomic E-state index is 0.296. The van der Waals surface area contributed by atoms with E-state index in [0.717, 1.165) is 4.88 Å². The van der Waals surface area contributed by atoms with Crippen LogP contribution in [0, 0.1) is 0 Å². The fourth-order valence-electron chi connectivity index (χ4n) is 1.26. The number of aromatic amines is 1. The Morgan fingerprint density at radius 2 is 2.39 bits per heavy atom. The molecule has 7 nitrogen and oxygen atoms in total. The Morgan fingerprint density at radius 1 is 1.44 bits per heavy atom. The number of rotatable bonds is 4. The van der Waals surface area contributed by atoms with Crippen molar-refractivity contribution >= 4 is 29.0 Å². The average Bonchev–Trinajstić information content (AvgIpc) is 3.07. The van der Waals surface area contributed by atoms with Gasteiger partial charge in [-0.25, -0.2) is 5.10 Å². The fraction of sp³-hybridized carbons (Fsp3) is 0.111. The first-order valence-electron chi connectivity index (χ1n) is 4.98. The first-order valence-corrected chi connectivity index (χ1v) is 6.85. The third-order valence-electron chi connectivity index (χ3n) is 2.01. The second kappa shape index (κ2) is 4.78. The van der Waals surface area contributed by atoms with E-state index in [1.165, 1.54) is 11.8 Å². The summed E-state index contributed by atoms with van der Waals surface area (Å²) in [5.74, 6) is 1.97. The van der Waals surface area contributed by atoms with Gasteiger partial charge in [0.25, 0.3) is 5.89 Å². The van der Waals surface area contributed by atoms with Crippen LogP contribution in [0.1, 0.15) is 5.82 Å². The van der Waals surface area contributed by atoms with Crippen LogP contribution < -0.4 is 5.73 Å². The number of hydrogen-bond acceptors (Lipinski definition) is 8. The number of thioether (sulfide) groups is 1. The Balaban J connectivity index is 1.67. The van der Waals surface area contributed by atoms with Crippen LogP contribution in [0.25, 0.3) is 10.8 Å². The van der Waals surface area contributed by atoms with Crippen LogP contribution in [0.2, 0.25) is 0 Å². The minimum absolute atomic E-state index is 0.296. The summed E-state index contributed by atoms with van der Waals surface area (Å²) in [6.45, 7) is 0. The molecule has 0 saturated carbocycles. The van der Waals surface area contributed by atoms with E-state index in [0.29, 0.717) is 28.6 Å². The van der Waals surface area contributed by atoms with Gasteiger partial charge in [-0.15, -0.1) is 16.4 Å². The van der Waals surface area contributed by atoms with Gasteiger partial charge in [0.2, 0.25) is 11.1 Å². The molecule has 0 saturated heterocycles. The molecule has 9 heteroatoms. The maximum Gasteiger partial charge on any atom is 0.268 e. The van der Waals surface area contributed by atoms with E-state index >= 15 is 0 Å². The van der Waals surface area contributed by atoms with Gasteiger partial charge in [0.05, 0.1) is 10.6 Å². The van der Waals surface area contributed by atoms with E-state index in [4.69, 9.17) is 10.3 Å². The summed E-state index contributed by atoms with van der Waals surface area (Å²) in [5, 5.41) is 12.9. The van der Waals surface area contributed by atoms with E-state index in [1.54, 1.807) is 11.3 Å². The fourth-order valence-corrected chi connectivity index (χ4v) is 2.56. The van der Waals surface area contributed by atoms with Gasteiger partial charge in [0, 0.05) is 0 Å². The minimum Gasteiger partial charge on any atom is -0.368 e. The molecule has 0 aliphatic heterocycles. The highest BCUT2D eigenvalue weighted by atomic mass is 32.2. The molecule has 0 atom stereocenters. The highest BCUT2D eigenvalue weighted by molar-refractivity contribution is 7.98. The lowest BCUT2D eigenvalue weighted by molar-refractivity contribution is 0.426. The van der Waals surface area contributed by atoms with E-state index in [2.05, 4.69) is 25.3 Å². The summed E-state index contributed by atoms with van der Waals surface area (Å²) in [7, 11) is 0. The van der Waals surface area contributed by atoms with Crippen molar-refractivity contribution in [2.24, 2.45) is 0 Å². The highest BCUT2D eigenvalue weighted by Gasteiger charge is 2.10. The van der Waals surface area contributed by atoms with Crippen molar-refractivity contribution in [3.63, 3.8) is 0 Å². The molecule has 0 bridgehead atoms. The number of H-pyrrole nitrogens is 1. The maximum atomic E-state index is 5.42. The van der Waals surface area contributed by atoms with Crippen molar-refractivity contribution < 1.29 is 4.52 Å². The molecular weight excluding hydrogens is 272 g/mol. The van der Waals surface area contributed by atoms with Gasteiger partial charge in [0.15, 0.2) is 5.82 Å². The molecule has 0 unspecified atom stereocenters. The lowest BCUT2D eigenvalue weighted by atomic mass is 10.5.